The number of ether oxygens (including phenoxy) is 2. The van der Waals surface area contributed by atoms with E-state index in [1.54, 1.807) is 0 Å². The molecule has 1 atom stereocenters. The third-order valence-corrected chi connectivity index (χ3v) is 4.63. The van der Waals surface area contributed by atoms with Gasteiger partial charge >= 0.3 is 5.97 Å². The summed E-state index contributed by atoms with van der Waals surface area (Å²) in [6.07, 6.45) is -0.325. The summed E-state index contributed by atoms with van der Waals surface area (Å²) in [5.74, 6) is -0.517. The number of esters is 1. The van der Waals surface area contributed by atoms with Crippen LogP contribution in [-0.4, -0.2) is 43.5 Å². The van der Waals surface area contributed by atoms with Gasteiger partial charge in [0.2, 0.25) is 0 Å². The topological polar surface area (TPSA) is 113 Å². The SMILES string of the molecule is O=C(COc1ccc([N+](=O)[O-])cc1)O[C@@H]1CCS(=O)(=O)C1. The van der Waals surface area contributed by atoms with Crippen LogP contribution in [0.25, 0.3) is 0 Å². The minimum absolute atomic E-state index is 0.0220. The van der Waals surface area contributed by atoms with E-state index in [0.717, 1.165) is 0 Å². The number of carbonyl (C=O) groups excluding carboxylic acids is 1. The van der Waals surface area contributed by atoms with Gasteiger partial charge < -0.3 is 9.47 Å². The van der Waals surface area contributed by atoms with E-state index in [9.17, 15) is 23.3 Å². The molecule has 2 rings (SSSR count). The van der Waals surface area contributed by atoms with Crippen LogP contribution >= 0.6 is 0 Å². The van der Waals surface area contributed by atoms with E-state index in [0.29, 0.717) is 6.42 Å². The van der Waals surface area contributed by atoms with E-state index in [1.807, 2.05) is 0 Å². The lowest BCUT2D eigenvalue weighted by atomic mass is 10.3. The molecule has 0 aromatic heterocycles. The van der Waals surface area contributed by atoms with Gasteiger partial charge in [-0.2, -0.15) is 0 Å². The standard InChI is InChI=1S/C12H13NO7S/c14-12(20-11-5-6-21(17,18)8-11)7-19-10-3-1-9(2-4-10)13(15)16/h1-4,11H,5-8H2/t11-/m1/s1. The highest BCUT2D eigenvalue weighted by Crippen LogP contribution is 2.18. The maximum atomic E-state index is 11.5. The first kappa shape index (κ1) is 15.2. The molecule has 1 saturated heterocycles. The zero-order valence-corrected chi connectivity index (χ0v) is 11.7. The second kappa shape index (κ2) is 6.08. The summed E-state index contributed by atoms with van der Waals surface area (Å²) >= 11 is 0. The van der Waals surface area contributed by atoms with E-state index < -0.39 is 26.8 Å². The Morgan fingerprint density at radius 1 is 1.33 bits per heavy atom. The Hall–Kier alpha value is -2.16. The number of hydrogen-bond acceptors (Lipinski definition) is 7. The first-order chi connectivity index (χ1) is 9.85. The van der Waals surface area contributed by atoms with Gasteiger partial charge in [-0.15, -0.1) is 0 Å². The van der Waals surface area contributed by atoms with Crippen LogP contribution in [0.1, 0.15) is 6.42 Å². The quantitative estimate of drug-likeness (QED) is 0.446. The van der Waals surface area contributed by atoms with Gasteiger partial charge in [0.25, 0.3) is 5.69 Å². The highest BCUT2D eigenvalue weighted by molar-refractivity contribution is 7.91. The van der Waals surface area contributed by atoms with Gasteiger partial charge in [0, 0.05) is 12.1 Å². The summed E-state index contributed by atoms with van der Waals surface area (Å²) in [5, 5.41) is 10.5. The number of non-ortho nitro benzene ring substituents is 1. The number of nitro benzene ring substituents is 1. The van der Waals surface area contributed by atoms with Crippen molar-refractivity contribution < 1.29 is 27.6 Å². The van der Waals surface area contributed by atoms with Crippen LogP contribution in [-0.2, 0) is 19.4 Å². The Kier molecular flexibility index (Phi) is 4.41. The molecule has 1 heterocycles. The van der Waals surface area contributed by atoms with Gasteiger partial charge in [-0.3, -0.25) is 10.1 Å². The van der Waals surface area contributed by atoms with Crippen molar-refractivity contribution >= 4 is 21.5 Å². The van der Waals surface area contributed by atoms with Crippen molar-refractivity contribution in [2.45, 2.75) is 12.5 Å². The van der Waals surface area contributed by atoms with Gasteiger partial charge in [-0.1, -0.05) is 0 Å². The van der Waals surface area contributed by atoms with E-state index in [2.05, 4.69) is 0 Å². The average Bonchev–Trinajstić information content (AvgIpc) is 2.76. The molecule has 8 nitrogen and oxygen atoms in total. The van der Waals surface area contributed by atoms with E-state index in [4.69, 9.17) is 9.47 Å². The molecule has 1 aromatic rings. The van der Waals surface area contributed by atoms with Gasteiger partial charge in [0.15, 0.2) is 16.4 Å². The minimum Gasteiger partial charge on any atom is -0.482 e. The molecule has 21 heavy (non-hydrogen) atoms. The zero-order chi connectivity index (χ0) is 15.5. The largest absolute Gasteiger partial charge is 0.482 e. The summed E-state index contributed by atoms with van der Waals surface area (Å²) in [6, 6.07) is 5.24. The molecule has 0 amide bonds. The summed E-state index contributed by atoms with van der Waals surface area (Å²) in [5.41, 5.74) is -0.0823. The van der Waals surface area contributed by atoms with Crippen LogP contribution in [0.15, 0.2) is 24.3 Å². The second-order valence-corrected chi connectivity index (χ2v) is 6.78. The Labute approximate surface area is 120 Å². The zero-order valence-electron chi connectivity index (χ0n) is 10.9. The Morgan fingerprint density at radius 2 is 2.00 bits per heavy atom. The molecule has 9 heteroatoms. The number of hydrogen-bond donors (Lipinski definition) is 0. The Bertz CT molecular complexity index is 638. The number of nitro groups is 1. The molecule has 1 aromatic carbocycles. The molecular formula is C12H13NO7S. The van der Waals surface area contributed by atoms with E-state index >= 15 is 0 Å². The van der Waals surface area contributed by atoms with Crippen molar-refractivity contribution in [2.24, 2.45) is 0 Å². The third-order valence-electron chi connectivity index (χ3n) is 2.89. The van der Waals surface area contributed by atoms with Gasteiger partial charge in [0.1, 0.15) is 11.9 Å². The Balaban J connectivity index is 1.80. The van der Waals surface area contributed by atoms with Crippen LogP contribution in [0.3, 0.4) is 0 Å². The highest BCUT2D eigenvalue weighted by Gasteiger charge is 2.30. The third kappa shape index (κ3) is 4.42. The molecule has 114 valence electrons. The normalized spacial score (nSPS) is 19.9. The fourth-order valence-electron chi connectivity index (χ4n) is 1.88. The van der Waals surface area contributed by atoms with Crippen molar-refractivity contribution in [2.75, 3.05) is 18.1 Å². The van der Waals surface area contributed by atoms with E-state index in [-0.39, 0.29) is 29.5 Å². The molecule has 0 bridgehead atoms. The predicted octanol–water partition coefficient (Wildman–Crippen LogP) is 0.704. The van der Waals surface area contributed by atoms with Gasteiger partial charge in [-0.25, -0.2) is 13.2 Å². The number of sulfone groups is 1. The number of benzene rings is 1. The lowest BCUT2D eigenvalue weighted by Crippen LogP contribution is -2.23. The first-order valence-electron chi connectivity index (χ1n) is 6.13. The molecule has 1 fully saturated rings. The molecule has 0 N–H and O–H groups in total. The molecule has 0 unspecified atom stereocenters. The first-order valence-corrected chi connectivity index (χ1v) is 7.95. The van der Waals surface area contributed by atoms with Crippen molar-refractivity contribution in [3.05, 3.63) is 34.4 Å². The molecule has 1 aliphatic heterocycles. The highest BCUT2D eigenvalue weighted by atomic mass is 32.2. The minimum atomic E-state index is -3.10. The second-order valence-electron chi connectivity index (χ2n) is 4.55. The molecule has 0 radical (unpaired) electrons. The van der Waals surface area contributed by atoms with Crippen LogP contribution in [0.2, 0.25) is 0 Å². The summed E-state index contributed by atoms with van der Waals surface area (Å²) in [6.45, 7) is -0.381. The fraction of sp³-hybridized carbons (Fsp3) is 0.417. The molecule has 0 aliphatic carbocycles. The number of nitrogens with zero attached hydrogens (tertiary/aromatic N) is 1. The van der Waals surface area contributed by atoms with Crippen molar-refractivity contribution in [3.63, 3.8) is 0 Å². The average molecular weight is 315 g/mol. The van der Waals surface area contributed by atoms with Crippen LogP contribution < -0.4 is 4.74 Å². The van der Waals surface area contributed by atoms with E-state index in [1.165, 1.54) is 24.3 Å². The van der Waals surface area contributed by atoms with Crippen LogP contribution in [0.5, 0.6) is 5.75 Å². The molecule has 1 aliphatic rings. The van der Waals surface area contributed by atoms with Crippen LogP contribution in [0, 0.1) is 10.1 Å². The molecule has 0 saturated carbocycles. The monoisotopic (exact) mass is 315 g/mol. The maximum Gasteiger partial charge on any atom is 0.344 e. The van der Waals surface area contributed by atoms with Crippen molar-refractivity contribution in [1.29, 1.82) is 0 Å². The van der Waals surface area contributed by atoms with Crippen molar-refractivity contribution in [3.8, 4) is 5.75 Å². The van der Waals surface area contributed by atoms with Crippen LogP contribution in [0.4, 0.5) is 5.69 Å². The Morgan fingerprint density at radius 3 is 2.52 bits per heavy atom. The lowest BCUT2D eigenvalue weighted by Gasteiger charge is -2.10. The maximum absolute atomic E-state index is 11.5. The van der Waals surface area contributed by atoms with Crippen molar-refractivity contribution in [1.82, 2.24) is 0 Å². The summed E-state index contributed by atoms with van der Waals surface area (Å²) < 4.78 is 32.5. The molecular weight excluding hydrogens is 302 g/mol. The molecule has 0 spiro atoms. The summed E-state index contributed by atoms with van der Waals surface area (Å²) in [7, 11) is -3.10. The summed E-state index contributed by atoms with van der Waals surface area (Å²) in [4.78, 5) is 21.4. The smallest absolute Gasteiger partial charge is 0.344 e. The fourth-order valence-corrected chi connectivity index (χ4v) is 3.47. The number of rotatable bonds is 5. The lowest BCUT2D eigenvalue weighted by molar-refractivity contribution is -0.384. The predicted molar refractivity (Wildman–Crippen MR) is 71.7 cm³/mol. The number of carbonyl (C=O) groups is 1. The van der Waals surface area contributed by atoms with Gasteiger partial charge in [-0.05, 0) is 18.6 Å². The van der Waals surface area contributed by atoms with Gasteiger partial charge in [0.05, 0.1) is 16.4 Å².